The average molecular weight is 452 g/mol. The minimum atomic E-state index is -0.492. The maximum absolute atomic E-state index is 12.5. The number of aromatic nitrogens is 2. The highest BCUT2D eigenvalue weighted by molar-refractivity contribution is 7.98. The van der Waals surface area contributed by atoms with Gasteiger partial charge in [-0.1, -0.05) is 59.3 Å². The van der Waals surface area contributed by atoms with Crippen LogP contribution in [-0.4, -0.2) is 9.97 Å². The number of thioether (sulfide) groups is 1. The molecule has 160 valence electrons. The summed E-state index contributed by atoms with van der Waals surface area (Å²) in [6.45, 7) is 0. The summed E-state index contributed by atoms with van der Waals surface area (Å²) in [5.41, 5.74) is 10.4. The summed E-state index contributed by atoms with van der Waals surface area (Å²) < 4.78 is 5.80. The van der Waals surface area contributed by atoms with Gasteiger partial charge in [0.15, 0.2) is 5.16 Å². The molecule has 1 heterocycles. The minimum absolute atomic E-state index is 0.0465. The number of H-pyrrole nitrogens is 1. The number of azide groups is 1. The molecule has 8 nitrogen and oxygen atoms in total. The molecule has 0 aliphatic heterocycles. The number of nitrogens with one attached hydrogen (secondary N) is 1. The number of para-hydroxylation sites is 1. The van der Waals surface area contributed by atoms with Crippen LogP contribution >= 0.6 is 11.8 Å². The van der Waals surface area contributed by atoms with Crippen molar-refractivity contribution in [2.75, 3.05) is 0 Å². The van der Waals surface area contributed by atoms with Gasteiger partial charge in [-0.25, -0.2) is 4.98 Å². The van der Waals surface area contributed by atoms with E-state index in [1.165, 1.54) is 11.8 Å². The maximum Gasteiger partial charge on any atom is 0.270 e. The first-order valence-corrected chi connectivity index (χ1v) is 10.8. The SMILES string of the molecule is N#Cc1c(-c2ccc(Oc3ccccc3)cc2)nc(SCc2ccc(N=[N+]=[N-])cc2)[nH]c1=O. The van der Waals surface area contributed by atoms with Gasteiger partial charge < -0.3 is 9.72 Å². The van der Waals surface area contributed by atoms with Gasteiger partial charge in [-0.15, -0.1) is 0 Å². The van der Waals surface area contributed by atoms with Gasteiger partial charge in [0.05, 0.1) is 5.69 Å². The van der Waals surface area contributed by atoms with E-state index in [9.17, 15) is 10.1 Å². The maximum atomic E-state index is 12.5. The first-order chi connectivity index (χ1) is 16.2. The first kappa shape index (κ1) is 21.7. The van der Waals surface area contributed by atoms with Crippen LogP contribution in [-0.2, 0) is 5.75 Å². The molecule has 1 N–H and O–H groups in total. The molecule has 0 saturated carbocycles. The van der Waals surface area contributed by atoms with Crippen LogP contribution in [0, 0.1) is 11.3 Å². The second-order valence-corrected chi connectivity index (χ2v) is 7.75. The number of nitriles is 1. The zero-order chi connectivity index (χ0) is 23.0. The lowest BCUT2D eigenvalue weighted by atomic mass is 10.1. The molecule has 0 spiro atoms. The minimum Gasteiger partial charge on any atom is -0.457 e. The van der Waals surface area contributed by atoms with Crippen molar-refractivity contribution in [3.63, 3.8) is 0 Å². The van der Waals surface area contributed by atoms with E-state index in [4.69, 9.17) is 10.3 Å². The third-order valence-electron chi connectivity index (χ3n) is 4.59. The fourth-order valence-electron chi connectivity index (χ4n) is 3.00. The fourth-order valence-corrected chi connectivity index (χ4v) is 3.82. The Kier molecular flexibility index (Phi) is 6.71. The van der Waals surface area contributed by atoms with Crippen molar-refractivity contribution < 1.29 is 4.74 Å². The fraction of sp³-hybridized carbons (Fsp3) is 0.0417. The van der Waals surface area contributed by atoms with Gasteiger partial charge in [0.25, 0.3) is 5.56 Å². The smallest absolute Gasteiger partial charge is 0.270 e. The summed E-state index contributed by atoms with van der Waals surface area (Å²) >= 11 is 1.34. The van der Waals surface area contributed by atoms with E-state index in [0.29, 0.717) is 39.4 Å². The lowest BCUT2D eigenvalue weighted by Crippen LogP contribution is -2.14. The number of hydrogen-bond acceptors (Lipinski definition) is 6. The largest absolute Gasteiger partial charge is 0.457 e. The Hall–Kier alpha value is -4.51. The van der Waals surface area contributed by atoms with Crippen LogP contribution in [0.1, 0.15) is 11.1 Å². The van der Waals surface area contributed by atoms with Crippen LogP contribution in [0.4, 0.5) is 5.69 Å². The zero-order valence-corrected chi connectivity index (χ0v) is 18.0. The third-order valence-corrected chi connectivity index (χ3v) is 5.53. The monoisotopic (exact) mass is 452 g/mol. The van der Waals surface area contributed by atoms with Crippen LogP contribution in [0.15, 0.2) is 93.9 Å². The molecule has 0 fully saturated rings. The molecule has 33 heavy (non-hydrogen) atoms. The van der Waals surface area contributed by atoms with E-state index < -0.39 is 5.56 Å². The van der Waals surface area contributed by atoms with Gasteiger partial charge in [0.1, 0.15) is 23.1 Å². The van der Waals surface area contributed by atoms with Gasteiger partial charge in [-0.3, -0.25) is 4.79 Å². The Labute approximate surface area is 193 Å². The van der Waals surface area contributed by atoms with Gasteiger partial charge in [0.2, 0.25) is 0 Å². The molecule has 9 heteroatoms. The third kappa shape index (κ3) is 5.40. The normalized spacial score (nSPS) is 10.2. The summed E-state index contributed by atoms with van der Waals surface area (Å²) in [6, 6.07) is 25.5. The molecule has 3 aromatic carbocycles. The Balaban J connectivity index is 1.55. The van der Waals surface area contributed by atoms with E-state index >= 15 is 0 Å². The highest BCUT2D eigenvalue weighted by Gasteiger charge is 2.14. The number of rotatable bonds is 7. The number of hydrogen-bond donors (Lipinski definition) is 1. The first-order valence-electron chi connectivity index (χ1n) is 9.81. The number of ether oxygens (including phenoxy) is 1. The predicted octanol–water partition coefficient (Wildman–Crippen LogP) is 6.33. The standard InChI is InChI=1S/C24H16N6O2S/c25-14-21-22(17-8-12-20(13-9-17)32-19-4-2-1-3-5-19)27-24(28-23(21)31)33-15-16-6-10-18(11-7-16)29-30-26/h1-13H,15H2,(H,27,28,31). The van der Waals surface area contributed by atoms with Crippen LogP contribution in [0.5, 0.6) is 11.5 Å². The van der Waals surface area contributed by atoms with Crippen molar-refractivity contribution in [2.45, 2.75) is 10.9 Å². The summed E-state index contributed by atoms with van der Waals surface area (Å²) in [5.74, 6) is 1.88. The van der Waals surface area contributed by atoms with E-state index in [-0.39, 0.29) is 5.56 Å². The van der Waals surface area contributed by atoms with Crippen LogP contribution < -0.4 is 10.3 Å². The zero-order valence-electron chi connectivity index (χ0n) is 17.2. The van der Waals surface area contributed by atoms with Crippen molar-refractivity contribution in [3.8, 4) is 28.8 Å². The second-order valence-electron chi connectivity index (χ2n) is 6.79. The van der Waals surface area contributed by atoms with Gasteiger partial charge >= 0.3 is 0 Å². The highest BCUT2D eigenvalue weighted by Crippen LogP contribution is 2.28. The van der Waals surface area contributed by atoms with E-state index in [0.717, 1.165) is 5.56 Å². The Morgan fingerprint density at radius 1 is 1.03 bits per heavy atom. The molecule has 0 radical (unpaired) electrons. The molecule has 0 saturated heterocycles. The van der Waals surface area contributed by atoms with Crippen molar-refractivity contribution in [1.82, 2.24) is 9.97 Å². The van der Waals surface area contributed by atoms with Gasteiger partial charge in [-0.05, 0) is 47.5 Å². The summed E-state index contributed by atoms with van der Waals surface area (Å²) in [6.07, 6.45) is 0. The van der Waals surface area contributed by atoms with Gasteiger partial charge in [0, 0.05) is 21.9 Å². The molecular weight excluding hydrogens is 436 g/mol. The number of aromatic amines is 1. The number of benzene rings is 3. The summed E-state index contributed by atoms with van der Waals surface area (Å²) in [7, 11) is 0. The molecule has 0 aliphatic rings. The van der Waals surface area contributed by atoms with Crippen LogP contribution in [0.25, 0.3) is 21.7 Å². The summed E-state index contributed by atoms with van der Waals surface area (Å²) in [5, 5.41) is 13.4. The quantitative estimate of drug-likeness (QED) is 0.115. The van der Waals surface area contributed by atoms with E-state index in [1.807, 2.05) is 48.5 Å². The molecule has 0 atom stereocenters. The van der Waals surface area contributed by atoms with E-state index in [2.05, 4.69) is 20.0 Å². The Bertz CT molecular complexity index is 1410. The molecule has 4 rings (SSSR count). The highest BCUT2D eigenvalue weighted by atomic mass is 32.2. The van der Waals surface area contributed by atoms with Crippen molar-refractivity contribution in [2.24, 2.45) is 5.11 Å². The van der Waals surface area contributed by atoms with Crippen molar-refractivity contribution >= 4 is 17.4 Å². The topological polar surface area (TPSA) is 128 Å². The molecule has 0 unspecified atom stereocenters. The Morgan fingerprint density at radius 2 is 1.73 bits per heavy atom. The Morgan fingerprint density at radius 3 is 2.39 bits per heavy atom. The summed E-state index contributed by atoms with van der Waals surface area (Å²) in [4.78, 5) is 22.4. The molecule has 1 aromatic heterocycles. The van der Waals surface area contributed by atoms with E-state index in [1.54, 1.807) is 36.4 Å². The lowest BCUT2D eigenvalue weighted by molar-refractivity contribution is 0.483. The second kappa shape index (κ2) is 10.2. The van der Waals surface area contributed by atoms with Crippen LogP contribution in [0.3, 0.4) is 0 Å². The average Bonchev–Trinajstić information content (AvgIpc) is 2.84. The van der Waals surface area contributed by atoms with Gasteiger partial charge in [-0.2, -0.15) is 5.26 Å². The molecule has 0 aliphatic carbocycles. The predicted molar refractivity (Wildman–Crippen MR) is 126 cm³/mol. The van der Waals surface area contributed by atoms with Crippen LogP contribution in [0.2, 0.25) is 0 Å². The molecule has 0 bridgehead atoms. The molecular formula is C24H16N6O2S. The number of nitrogens with zero attached hydrogens (tertiary/aromatic N) is 5. The van der Waals surface area contributed by atoms with Crippen molar-refractivity contribution in [3.05, 3.63) is 111 Å². The molecule has 4 aromatic rings. The molecule has 0 amide bonds. The lowest BCUT2D eigenvalue weighted by Gasteiger charge is -2.09. The van der Waals surface area contributed by atoms with Crippen molar-refractivity contribution in [1.29, 1.82) is 5.26 Å².